The molecule has 0 bridgehead atoms. The second-order valence-corrected chi connectivity index (χ2v) is 9.16. The van der Waals surface area contributed by atoms with Crippen molar-refractivity contribution < 1.29 is 13.2 Å². The standard InChI is InChI=1S/C17H21BrN2O3S2/c1-4-20(5-2)25(22,23)14-8-6-13(7-9-14)12(3)19-17(21)16-15(18)10-11-24-16/h6-12H,4-5H2,1-3H3,(H,19,21). The number of nitrogens with zero attached hydrogens (tertiary/aromatic N) is 1. The van der Waals surface area contributed by atoms with Crippen LogP contribution in [0.4, 0.5) is 0 Å². The summed E-state index contributed by atoms with van der Waals surface area (Å²) in [5, 5.41) is 4.77. The maximum Gasteiger partial charge on any atom is 0.262 e. The number of nitrogens with one attached hydrogen (secondary N) is 1. The van der Waals surface area contributed by atoms with Crippen molar-refractivity contribution in [3.63, 3.8) is 0 Å². The number of amides is 1. The van der Waals surface area contributed by atoms with Crippen LogP contribution in [-0.2, 0) is 10.0 Å². The minimum Gasteiger partial charge on any atom is -0.345 e. The quantitative estimate of drug-likeness (QED) is 0.700. The summed E-state index contributed by atoms with van der Waals surface area (Å²) in [6, 6.07) is 8.26. The van der Waals surface area contributed by atoms with Crippen LogP contribution in [0.3, 0.4) is 0 Å². The van der Waals surface area contributed by atoms with Crippen LogP contribution >= 0.6 is 27.3 Å². The lowest BCUT2D eigenvalue weighted by atomic mass is 10.1. The van der Waals surface area contributed by atoms with E-state index >= 15 is 0 Å². The molecular formula is C17H21BrN2O3S2. The van der Waals surface area contributed by atoms with E-state index in [2.05, 4.69) is 21.2 Å². The number of benzene rings is 1. The van der Waals surface area contributed by atoms with Crippen molar-refractivity contribution in [2.75, 3.05) is 13.1 Å². The lowest BCUT2D eigenvalue weighted by molar-refractivity contribution is 0.0943. The predicted molar refractivity (Wildman–Crippen MR) is 104 cm³/mol. The van der Waals surface area contributed by atoms with E-state index in [1.165, 1.54) is 15.6 Å². The first-order valence-corrected chi connectivity index (χ1v) is 11.1. The maximum atomic E-state index is 12.5. The molecule has 5 nitrogen and oxygen atoms in total. The molecule has 0 aliphatic heterocycles. The van der Waals surface area contributed by atoms with Gasteiger partial charge in [-0.15, -0.1) is 11.3 Å². The molecule has 1 N–H and O–H groups in total. The Kier molecular flexibility index (Phi) is 6.79. The fourth-order valence-electron chi connectivity index (χ4n) is 2.44. The van der Waals surface area contributed by atoms with Crippen LogP contribution in [0.15, 0.2) is 45.1 Å². The number of sulfonamides is 1. The smallest absolute Gasteiger partial charge is 0.262 e. The number of hydrogen-bond donors (Lipinski definition) is 1. The van der Waals surface area contributed by atoms with Gasteiger partial charge in [0.1, 0.15) is 4.88 Å². The van der Waals surface area contributed by atoms with Gasteiger partial charge in [0.05, 0.1) is 10.9 Å². The Morgan fingerprint density at radius 1 is 1.20 bits per heavy atom. The van der Waals surface area contributed by atoms with Crippen molar-refractivity contribution in [1.82, 2.24) is 9.62 Å². The fourth-order valence-corrected chi connectivity index (χ4v) is 5.35. The first kappa shape index (κ1) is 20.1. The number of thiophene rings is 1. The fraction of sp³-hybridized carbons (Fsp3) is 0.353. The lowest BCUT2D eigenvalue weighted by Crippen LogP contribution is -2.30. The Bertz CT molecular complexity index is 828. The van der Waals surface area contributed by atoms with Crippen LogP contribution in [0.1, 0.15) is 42.0 Å². The molecule has 2 aromatic rings. The highest BCUT2D eigenvalue weighted by molar-refractivity contribution is 9.10. The van der Waals surface area contributed by atoms with Gasteiger partial charge in [-0.2, -0.15) is 4.31 Å². The van der Waals surface area contributed by atoms with Crippen molar-refractivity contribution in [3.8, 4) is 0 Å². The summed E-state index contributed by atoms with van der Waals surface area (Å²) in [5.41, 5.74) is 0.847. The van der Waals surface area contributed by atoms with Crippen LogP contribution in [0, 0.1) is 0 Å². The number of halogens is 1. The molecule has 1 amide bonds. The molecule has 0 fully saturated rings. The summed E-state index contributed by atoms with van der Waals surface area (Å²) in [7, 11) is -3.47. The Hall–Kier alpha value is -1.22. The van der Waals surface area contributed by atoms with E-state index in [0.717, 1.165) is 10.0 Å². The SMILES string of the molecule is CCN(CC)S(=O)(=O)c1ccc(C(C)NC(=O)c2sccc2Br)cc1. The largest absolute Gasteiger partial charge is 0.345 e. The van der Waals surface area contributed by atoms with Gasteiger partial charge in [0, 0.05) is 17.6 Å². The number of carbonyl (C=O) groups excluding carboxylic acids is 1. The van der Waals surface area contributed by atoms with Crippen molar-refractivity contribution in [2.24, 2.45) is 0 Å². The first-order valence-electron chi connectivity index (χ1n) is 7.95. The highest BCUT2D eigenvalue weighted by atomic mass is 79.9. The van der Waals surface area contributed by atoms with Gasteiger partial charge in [0.15, 0.2) is 0 Å². The summed E-state index contributed by atoms with van der Waals surface area (Å²) in [4.78, 5) is 13.2. The normalized spacial score (nSPS) is 13.0. The van der Waals surface area contributed by atoms with Gasteiger partial charge in [-0.25, -0.2) is 8.42 Å². The molecule has 1 unspecified atom stereocenters. The monoisotopic (exact) mass is 444 g/mol. The minimum atomic E-state index is -3.47. The zero-order valence-corrected chi connectivity index (χ0v) is 17.5. The molecule has 0 aliphatic rings. The van der Waals surface area contributed by atoms with Gasteiger partial charge < -0.3 is 5.32 Å². The Morgan fingerprint density at radius 3 is 2.28 bits per heavy atom. The maximum absolute atomic E-state index is 12.5. The van der Waals surface area contributed by atoms with Crippen molar-refractivity contribution >= 4 is 43.2 Å². The van der Waals surface area contributed by atoms with Crippen molar-refractivity contribution in [2.45, 2.75) is 31.7 Å². The molecule has 1 aromatic carbocycles. The van der Waals surface area contributed by atoms with E-state index in [9.17, 15) is 13.2 Å². The molecule has 25 heavy (non-hydrogen) atoms. The summed E-state index contributed by atoms with van der Waals surface area (Å²) >= 11 is 4.71. The predicted octanol–water partition coefficient (Wildman–Crippen LogP) is 4.03. The van der Waals surface area contributed by atoms with Crippen LogP contribution in [0.2, 0.25) is 0 Å². The van der Waals surface area contributed by atoms with Gasteiger partial charge in [-0.05, 0) is 52.0 Å². The Morgan fingerprint density at radius 2 is 1.80 bits per heavy atom. The third-order valence-corrected chi connectivity index (χ3v) is 7.79. The molecule has 2 rings (SSSR count). The lowest BCUT2D eigenvalue weighted by Gasteiger charge is -2.19. The van der Waals surface area contributed by atoms with E-state index < -0.39 is 10.0 Å². The van der Waals surface area contributed by atoms with E-state index in [0.29, 0.717) is 18.0 Å². The van der Waals surface area contributed by atoms with Gasteiger partial charge >= 0.3 is 0 Å². The van der Waals surface area contributed by atoms with Crippen LogP contribution in [-0.4, -0.2) is 31.7 Å². The third-order valence-electron chi connectivity index (χ3n) is 3.89. The van der Waals surface area contributed by atoms with Gasteiger partial charge in [0.25, 0.3) is 5.91 Å². The number of rotatable bonds is 7. The molecule has 136 valence electrons. The second-order valence-electron chi connectivity index (χ2n) is 5.45. The zero-order valence-electron chi connectivity index (χ0n) is 14.3. The molecule has 1 heterocycles. The third kappa shape index (κ3) is 4.49. The Labute approximate surface area is 161 Å². The second kappa shape index (κ2) is 8.44. The topological polar surface area (TPSA) is 66.5 Å². The first-order chi connectivity index (χ1) is 11.8. The molecule has 1 aromatic heterocycles. The summed E-state index contributed by atoms with van der Waals surface area (Å²) in [5.74, 6) is -0.158. The molecule has 0 saturated heterocycles. The van der Waals surface area contributed by atoms with Crippen molar-refractivity contribution in [1.29, 1.82) is 0 Å². The molecule has 0 radical (unpaired) electrons. The van der Waals surface area contributed by atoms with Crippen LogP contribution < -0.4 is 5.32 Å². The summed E-state index contributed by atoms with van der Waals surface area (Å²) in [6.07, 6.45) is 0. The number of hydrogen-bond acceptors (Lipinski definition) is 4. The van der Waals surface area contributed by atoms with Gasteiger partial charge in [-0.1, -0.05) is 26.0 Å². The average Bonchev–Trinajstić information content (AvgIpc) is 3.02. The summed E-state index contributed by atoms with van der Waals surface area (Å²) < 4.78 is 27.2. The number of carbonyl (C=O) groups is 1. The molecule has 0 saturated carbocycles. The molecule has 0 spiro atoms. The highest BCUT2D eigenvalue weighted by Gasteiger charge is 2.22. The van der Waals surface area contributed by atoms with Crippen LogP contribution in [0.5, 0.6) is 0 Å². The van der Waals surface area contributed by atoms with Gasteiger partial charge in [0.2, 0.25) is 10.0 Å². The minimum absolute atomic E-state index is 0.158. The summed E-state index contributed by atoms with van der Waals surface area (Å²) in [6.45, 7) is 6.37. The van der Waals surface area contributed by atoms with Crippen molar-refractivity contribution in [3.05, 3.63) is 50.6 Å². The van der Waals surface area contributed by atoms with E-state index in [1.807, 2.05) is 32.2 Å². The highest BCUT2D eigenvalue weighted by Crippen LogP contribution is 2.24. The van der Waals surface area contributed by atoms with E-state index in [1.54, 1.807) is 24.3 Å². The average molecular weight is 445 g/mol. The van der Waals surface area contributed by atoms with E-state index in [4.69, 9.17) is 0 Å². The molecule has 0 aliphatic carbocycles. The van der Waals surface area contributed by atoms with Gasteiger partial charge in [-0.3, -0.25) is 4.79 Å². The zero-order chi connectivity index (χ0) is 18.6. The molecule has 8 heteroatoms. The Balaban J connectivity index is 2.14. The van der Waals surface area contributed by atoms with E-state index in [-0.39, 0.29) is 16.8 Å². The molecular weight excluding hydrogens is 424 g/mol. The molecule has 1 atom stereocenters. The van der Waals surface area contributed by atoms with Crippen LogP contribution in [0.25, 0.3) is 0 Å².